The summed E-state index contributed by atoms with van der Waals surface area (Å²) in [6.45, 7) is 4.05. The van der Waals surface area contributed by atoms with Gasteiger partial charge >= 0.3 is 0 Å². The van der Waals surface area contributed by atoms with E-state index in [4.69, 9.17) is 9.47 Å². The fraction of sp³-hybridized carbons (Fsp3) is 0.333. The van der Waals surface area contributed by atoms with Crippen LogP contribution in [0, 0.1) is 0 Å². The highest BCUT2D eigenvalue weighted by molar-refractivity contribution is 5.95. The molecule has 5 heteroatoms. The first-order valence-corrected chi connectivity index (χ1v) is 8.90. The molecule has 1 fully saturated rings. The van der Waals surface area contributed by atoms with Crippen LogP contribution in [0.1, 0.15) is 35.4 Å². The summed E-state index contributed by atoms with van der Waals surface area (Å²) in [7, 11) is 0. The van der Waals surface area contributed by atoms with Crippen LogP contribution in [0.2, 0.25) is 0 Å². The molecule has 0 bridgehead atoms. The number of nitrogens with zero attached hydrogens (tertiary/aromatic N) is 1. The van der Waals surface area contributed by atoms with Crippen molar-refractivity contribution in [3.8, 4) is 5.75 Å². The Labute approximate surface area is 153 Å². The molecule has 136 valence electrons. The van der Waals surface area contributed by atoms with E-state index in [0.717, 1.165) is 5.56 Å². The van der Waals surface area contributed by atoms with Crippen LogP contribution in [0.25, 0.3) is 0 Å². The fourth-order valence-electron chi connectivity index (χ4n) is 2.90. The molecule has 3 rings (SSSR count). The van der Waals surface area contributed by atoms with Crippen molar-refractivity contribution in [3.63, 3.8) is 0 Å². The second kappa shape index (κ2) is 8.63. The third-order valence-electron chi connectivity index (χ3n) is 4.40. The Morgan fingerprint density at radius 2 is 1.69 bits per heavy atom. The lowest BCUT2D eigenvalue weighted by Gasteiger charge is -2.30. The van der Waals surface area contributed by atoms with Gasteiger partial charge < -0.3 is 14.4 Å². The lowest BCUT2D eigenvalue weighted by Crippen LogP contribution is -2.44. The molecule has 0 aromatic heterocycles. The number of Topliss-reactive ketones (excluding diaryl/α,β-unsaturated/α-hetero) is 1. The van der Waals surface area contributed by atoms with E-state index in [1.165, 1.54) is 0 Å². The normalized spacial score (nSPS) is 15.3. The SMILES string of the molecule is CCC(=O)c1ccc(O[C@H](C(=O)N2CCOCC2)c2ccccc2)cc1. The van der Waals surface area contributed by atoms with E-state index in [9.17, 15) is 9.59 Å². The summed E-state index contributed by atoms with van der Waals surface area (Å²) in [6, 6.07) is 16.4. The van der Waals surface area contributed by atoms with Gasteiger partial charge in [-0.05, 0) is 24.3 Å². The molecule has 1 saturated heterocycles. The number of amides is 1. The average Bonchev–Trinajstić information content (AvgIpc) is 2.72. The van der Waals surface area contributed by atoms with Gasteiger partial charge in [0.15, 0.2) is 5.78 Å². The molecule has 0 unspecified atom stereocenters. The number of ketones is 1. The second-order valence-corrected chi connectivity index (χ2v) is 6.15. The molecule has 1 heterocycles. The van der Waals surface area contributed by atoms with Gasteiger partial charge in [0, 0.05) is 30.6 Å². The number of hydrogen-bond donors (Lipinski definition) is 0. The van der Waals surface area contributed by atoms with Gasteiger partial charge in [0.2, 0.25) is 6.10 Å². The zero-order chi connectivity index (χ0) is 18.4. The Morgan fingerprint density at radius 1 is 1.04 bits per heavy atom. The number of ether oxygens (including phenoxy) is 2. The van der Waals surface area contributed by atoms with Gasteiger partial charge in [0.1, 0.15) is 5.75 Å². The molecule has 2 aromatic rings. The first kappa shape index (κ1) is 18.1. The Kier molecular flexibility index (Phi) is 6.02. The molecule has 26 heavy (non-hydrogen) atoms. The maximum absolute atomic E-state index is 13.0. The molecule has 2 aromatic carbocycles. The van der Waals surface area contributed by atoms with Crippen molar-refractivity contribution in [1.82, 2.24) is 4.90 Å². The molecule has 0 saturated carbocycles. The lowest BCUT2D eigenvalue weighted by molar-refractivity contribution is -0.143. The Hall–Kier alpha value is -2.66. The molecular formula is C21H23NO4. The monoisotopic (exact) mass is 353 g/mol. The van der Waals surface area contributed by atoms with Crippen LogP contribution in [-0.4, -0.2) is 42.9 Å². The first-order valence-electron chi connectivity index (χ1n) is 8.90. The first-order chi connectivity index (χ1) is 12.7. The fourth-order valence-corrected chi connectivity index (χ4v) is 2.90. The molecule has 1 amide bonds. The Morgan fingerprint density at radius 3 is 2.31 bits per heavy atom. The second-order valence-electron chi connectivity index (χ2n) is 6.15. The molecule has 1 atom stereocenters. The van der Waals surface area contributed by atoms with E-state index in [1.54, 1.807) is 29.2 Å². The zero-order valence-corrected chi connectivity index (χ0v) is 14.9. The summed E-state index contributed by atoms with van der Waals surface area (Å²) in [6.07, 6.45) is -0.260. The van der Waals surface area contributed by atoms with Crippen molar-refractivity contribution < 1.29 is 19.1 Å². The van der Waals surface area contributed by atoms with E-state index >= 15 is 0 Å². The maximum atomic E-state index is 13.0. The maximum Gasteiger partial charge on any atom is 0.268 e. The van der Waals surface area contributed by atoms with Crippen molar-refractivity contribution in [1.29, 1.82) is 0 Å². The van der Waals surface area contributed by atoms with Crippen LogP contribution in [0.3, 0.4) is 0 Å². The molecule has 1 aliphatic heterocycles. The van der Waals surface area contributed by atoms with E-state index in [-0.39, 0.29) is 11.7 Å². The van der Waals surface area contributed by atoms with Crippen LogP contribution in [0.15, 0.2) is 54.6 Å². The van der Waals surface area contributed by atoms with Gasteiger partial charge in [-0.25, -0.2) is 0 Å². The predicted molar refractivity (Wildman–Crippen MR) is 98.3 cm³/mol. The zero-order valence-electron chi connectivity index (χ0n) is 14.9. The highest BCUT2D eigenvalue weighted by Crippen LogP contribution is 2.25. The molecule has 0 N–H and O–H groups in total. The number of morpholine rings is 1. The summed E-state index contributed by atoms with van der Waals surface area (Å²) in [5, 5.41) is 0. The largest absolute Gasteiger partial charge is 0.476 e. The number of hydrogen-bond acceptors (Lipinski definition) is 4. The standard InChI is InChI=1S/C21H23NO4/c1-2-19(23)16-8-10-18(11-9-16)26-20(17-6-4-3-5-7-17)21(24)22-12-14-25-15-13-22/h3-11,20H,2,12-15H2,1H3/t20-/m0/s1. The summed E-state index contributed by atoms with van der Waals surface area (Å²) >= 11 is 0. The van der Waals surface area contributed by atoms with Crippen LogP contribution >= 0.6 is 0 Å². The van der Waals surface area contributed by atoms with Crippen LogP contribution in [-0.2, 0) is 9.53 Å². The Balaban J connectivity index is 1.81. The van der Waals surface area contributed by atoms with Gasteiger partial charge in [-0.2, -0.15) is 0 Å². The average molecular weight is 353 g/mol. The van der Waals surface area contributed by atoms with Crippen molar-refractivity contribution in [3.05, 3.63) is 65.7 Å². The van der Waals surface area contributed by atoms with Crippen molar-refractivity contribution in [2.45, 2.75) is 19.4 Å². The summed E-state index contributed by atoms with van der Waals surface area (Å²) in [5.74, 6) is 0.571. The minimum Gasteiger partial charge on any atom is -0.476 e. The Bertz CT molecular complexity index is 736. The third kappa shape index (κ3) is 4.29. The quantitative estimate of drug-likeness (QED) is 0.748. The van der Waals surface area contributed by atoms with Crippen molar-refractivity contribution in [2.24, 2.45) is 0 Å². The van der Waals surface area contributed by atoms with E-state index in [2.05, 4.69) is 0 Å². The topological polar surface area (TPSA) is 55.8 Å². The lowest BCUT2D eigenvalue weighted by atomic mass is 10.1. The number of carbonyl (C=O) groups excluding carboxylic acids is 2. The van der Waals surface area contributed by atoms with Gasteiger partial charge in [-0.1, -0.05) is 37.3 Å². The number of benzene rings is 2. The van der Waals surface area contributed by atoms with Crippen LogP contribution < -0.4 is 4.74 Å². The van der Waals surface area contributed by atoms with E-state index in [0.29, 0.717) is 44.0 Å². The van der Waals surface area contributed by atoms with Crippen molar-refractivity contribution in [2.75, 3.05) is 26.3 Å². The predicted octanol–water partition coefficient (Wildman–Crippen LogP) is 3.26. The van der Waals surface area contributed by atoms with Gasteiger partial charge in [-0.3, -0.25) is 9.59 Å². The van der Waals surface area contributed by atoms with Crippen molar-refractivity contribution >= 4 is 11.7 Å². The highest BCUT2D eigenvalue weighted by atomic mass is 16.5. The molecule has 0 spiro atoms. The van der Waals surface area contributed by atoms with Crippen LogP contribution in [0.4, 0.5) is 0 Å². The highest BCUT2D eigenvalue weighted by Gasteiger charge is 2.29. The number of rotatable bonds is 6. The van der Waals surface area contributed by atoms with Gasteiger partial charge in [-0.15, -0.1) is 0 Å². The minimum atomic E-state index is -0.720. The van der Waals surface area contributed by atoms with E-state index < -0.39 is 6.10 Å². The minimum absolute atomic E-state index is 0.0757. The smallest absolute Gasteiger partial charge is 0.268 e. The van der Waals surface area contributed by atoms with Gasteiger partial charge in [0.05, 0.1) is 13.2 Å². The molecular weight excluding hydrogens is 330 g/mol. The van der Waals surface area contributed by atoms with E-state index in [1.807, 2.05) is 37.3 Å². The molecule has 0 aliphatic carbocycles. The summed E-state index contributed by atoms with van der Waals surface area (Å²) in [4.78, 5) is 26.6. The summed E-state index contributed by atoms with van der Waals surface area (Å²) < 4.78 is 11.4. The molecule has 5 nitrogen and oxygen atoms in total. The van der Waals surface area contributed by atoms with Gasteiger partial charge in [0.25, 0.3) is 5.91 Å². The molecule has 1 aliphatic rings. The summed E-state index contributed by atoms with van der Waals surface area (Å²) in [5.41, 5.74) is 1.45. The number of carbonyl (C=O) groups is 2. The molecule has 0 radical (unpaired) electrons. The third-order valence-corrected chi connectivity index (χ3v) is 4.40. The van der Waals surface area contributed by atoms with Crippen LogP contribution in [0.5, 0.6) is 5.75 Å².